The predicted octanol–water partition coefficient (Wildman–Crippen LogP) is 3.22. The van der Waals surface area contributed by atoms with Crippen molar-refractivity contribution in [3.8, 4) is 0 Å². The minimum atomic E-state index is -0.545. The lowest BCUT2D eigenvalue weighted by molar-refractivity contribution is -0.117. The molecule has 168 valence electrons. The highest BCUT2D eigenvalue weighted by Crippen LogP contribution is 2.33. The largest absolute Gasteiger partial charge is 0.465 e. The first-order valence-corrected chi connectivity index (χ1v) is 10.4. The van der Waals surface area contributed by atoms with Crippen LogP contribution in [0, 0.1) is 0 Å². The van der Waals surface area contributed by atoms with Gasteiger partial charge in [0, 0.05) is 31.1 Å². The van der Waals surface area contributed by atoms with Crippen LogP contribution in [0.4, 0.5) is 17.1 Å². The van der Waals surface area contributed by atoms with E-state index in [0.29, 0.717) is 23.5 Å². The SMILES string of the molecule is COC(=O)c1ccc2c(c1)NC(=O)C2C=Nc1ccc(N(CCCN(C)C)C(C)=O)cc1. The molecule has 2 amide bonds. The number of rotatable bonds is 8. The number of carbonyl (C=O) groups is 3. The molecule has 0 spiro atoms. The van der Waals surface area contributed by atoms with E-state index < -0.39 is 11.9 Å². The average molecular weight is 437 g/mol. The van der Waals surface area contributed by atoms with E-state index in [1.54, 1.807) is 36.2 Å². The summed E-state index contributed by atoms with van der Waals surface area (Å²) >= 11 is 0. The van der Waals surface area contributed by atoms with Gasteiger partial charge in [0.05, 0.1) is 18.4 Å². The number of nitrogens with zero attached hydrogens (tertiary/aromatic N) is 3. The van der Waals surface area contributed by atoms with Crippen LogP contribution in [0.5, 0.6) is 0 Å². The zero-order valence-electron chi connectivity index (χ0n) is 18.8. The van der Waals surface area contributed by atoms with Gasteiger partial charge in [-0.25, -0.2) is 4.79 Å². The monoisotopic (exact) mass is 436 g/mol. The normalized spacial score (nSPS) is 15.0. The fraction of sp³-hybridized carbons (Fsp3) is 0.333. The smallest absolute Gasteiger partial charge is 0.337 e. The molecule has 8 heteroatoms. The van der Waals surface area contributed by atoms with Crippen LogP contribution in [0.15, 0.2) is 47.5 Å². The molecular weight excluding hydrogens is 408 g/mol. The summed E-state index contributed by atoms with van der Waals surface area (Å²) in [5, 5.41) is 2.78. The molecule has 32 heavy (non-hydrogen) atoms. The van der Waals surface area contributed by atoms with E-state index in [9.17, 15) is 14.4 Å². The maximum Gasteiger partial charge on any atom is 0.337 e. The Labute approximate surface area is 187 Å². The number of ether oxygens (including phenoxy) is 1. The molecule has 0 saturated heterocycles. The quantitative estimate of drug-likeness (QED) is 0.507. The van der Waals surface area contributed by atoms with Crippen molar-refractivity contribution in [1.29, 1.82) is 0 Å². The van der Waals surface area contributed by atoms with Crippen LogP contribution in [0.1, 0.15) is 35.2 Å². The zero-order chi connectivity index (χ0) is 23.3. The number of hydrogen-bond donors (Lipinski definition) is 1. The second kappa shape index (κ2) is 10.2. The van der Waals surface area contributed by atoms with E-state index in [1.807, 2.05) is 38.4 Å². The third kappa shape index (κ3) is 5.39. The molecule has 0 radical (unpaired) electrons. The van der Waals surface area contributed by atoms with Gasteiger partial charge in [0.1, 0.15) is 5.92 Å². The van der Waals surface area contributed by atoms with E-state index in [4.69, 9.17) is 4.74 Å². The summed E-state index contributed by atoms with van der Waals surface area (Å²) in [5.74, 6) is -1.21. The number of aliphatic imine (C=N–C) groups is 1. The Balaban J connectivity index is 1.72. The Morgan fingerprint density at radius 3 is 2.47 bits per heavy atom. The van der Waals surface area contributed by atoms with Crippen molar-refractivity contribution < 1.29 is 19.1 Å². The van der Waals surface area contributed by atoms with Crippen molar-refractivity contribution in [3.05, 3.63) is 53.6 Å². The topological polar surface area (TPSA) is 91.3 Å². The third-order valence-corrected chi connectivity index (χ3v) is 5.25. The number of methoxy groups -OCH3 is 1. The summed E-state index contributed by atoms with van der Waals surface area (Å²) in [7, 11) is 5.33. The molecule has 3 rings (SSSR count). The minimum Gasteiger partial charge on any atom is -0.465 e. The number of anilines is 2. The number of hydrogen-bond acceptors (Lipinski definition) is 6. The molecule has 1 aliphatic rings. The van der Waals surface area contributed by atoms with Crippen molar-refractivity contribution in [2.45, 2.75) is 19.3 Å². The number of benzene rings is 2. The second-order valence-electron chi connectivity index (χ2n) is 7.88. The maximum absolute atomic E-state index is 12.4. The molecule has 1 N–H and O–H groups in total. The van der Waals surface area contributed by atoms with Gasteiger partial charge >= 0.3 is 5.97 Å². The van der Waals surface area contributed by atoms with Gasteiger partial charge in [0.15, 0.2) is 0 Å². The molecule has 0 aromatic heterocycles. The number of nitrogens with one attached hydrogen (secondary N) is 1. The Morgan fingerprint density at radius 2 is 1.84 bits per heavy atom. The Bertz CT molecular complexity index is 1030. The summed E-state index contributed by atoms with van der Waals surface area (Å²) in [6.45, 7) is 3.10. The second-order valence-corrected chi connectivity index (χ2v) is 7.88. The fourth-order valence-corrected chi connectivity index (χ4v) is 3.57. The van der Waals surface area contributed by atoms with Gasteiger partial charge in [-0.15, -0.1) is 0 Å². The van der Waals surface area contributed by atoms with Crippen LogP contribution in [0.2, 0.25) is 0 Å². The molecule has 2 aromatic rings. The van der Waals surface area contributed by atoms with Crippen LogP contribution in [-0.2, 0) is 14.3 Å². The molecule has 1 unspecified atom stereocenters. The molecule has 2 aromatic carbocycles. The Kier molecular flexibility index (Phi) is 7.37. The van der Waals surface area contributed by atoms with Crippen molar-refractivity contribution in [3.63, 3.8) is 0 Å². The van der Waals surface area contributed by atoms with E-state index in [1.165, 1.54) is 7.11 Å². The van der Waals surface area contributed by atoms with Crippen molar-refractivity contribution in [2.75, 3.05) is 44.5 Å². The van der Waals surface area contributed by atoms with E-state index >= 15 is 0 Å². The van der Waals surface area contributed by atoms with Crippen LogP contribution in [0.25, 0.3) is 0 Å². The number of esters is 1. The number of amides is 2. The maximum atomic E-state index is 12.4. The highest BCUT2D eigenvalue weighted by atomic mass is 16.5. The highest BCUT2D eigenvalue weighted by molar-refractivity contribution is 6.13. The number of carbonyl (C=O) groups excluding carboxylic acids is 3. The van der Waals surface area contributed by atoms with Gasteiger partial charge in [-0.3, -0.25) is 14.6 Å². The lowest BCUT2D eigenvalue weighted by Crippen LogP contribution is -2.31. The molecule has 1 aliphatic heterocycles. The predicted molar refractivity (Wildman–Crippen MR) is 125 cm³/mol. The minimum absolute atomic E-state index is 0.00874. The van der Waals surface area contributed by atoms with Crippen LogP contribution in [0.3, 0.4) is 0 Å². The summed E-state index contributed by atoms with van der Waals surface area (Å²) in [6.07, 6.45) is 2.47. The standard InChI is InChI=1S/C24H28N4O4/c1-16(29)28(13-5-12-27(2)3)19-9-7-18(8-10-19)25-15-21-20-11-6-17(24(31)32-4)14-22(20)26-23(21)30/h6-11,14-15,21H,5,12-13H2,1-4H3,(H,26,30). The Morgan fingerprint density at radius 1 is 1.12 bits per heavy atom. The van der Waals surface area contributed by atoms with Crippen LogP contribution in [-0.4, -0.2) is 63.2 Å². The van der Waals surface area contributed by atoms with Gasteiger partial charge in [0.25, 0.3) is 0 Å². The van der Waals surface area contributed by atoms with Crippen LogP contribution < -0.4 is 10.2 Å². The number of fused-ring (bicyclic) bond motifs is 1. The molecule has 0 aliphatic carbocycles. The van der Waals surface area contributed by atoms with Gasteiger partial charge in [-0.05, 0) is 69.0 Å². The van der Waals surface area contributed by atoms with E-state index in [2.05, 4.69) is 15.2 Å². The average Bonchev–Trinajstić information content (AvgIpc) is 3.08. The first kappa shape index (κ1) is 23.1. The van der Waals surface area contributed by atoms with Crippen molar-refractivity contribution in [1.82, 2.24) is 4.90 Å². The van der Waals surface area contributed by atoms with Gasteiger partial charge in [-0.1, -0.05) is 6.07 Å². The molecule has 1 atom stereocenters. The van der Waals surface area contributed by atoms with Crippen molar-refractivity contribution in [2.24, 2.45) is 4.99 Å². The molecule has 0 fully saturated rings. The summed E-state index contributed by atoms with van der Waals surface area (Å²) in [4.78, 5) is 44.4. The third-order valence-electron chi connectivity index (χ3n) is 5.25. The molecule has 1 heterocycles. The van der Waals surface area contributed by atoms with E-state index in [-0.39, 0.29) is 11.8 Å². The van der Waals surface area contributed by atoms with Crippen LogP contribution >= 0.6 is 0 Å². The molecule has 0 bridgehead atoms. The first-order chi connectivity index (χ1) is 15.3. The lowest BCUT2D eigenvalue weighted by atomic mass is 10.0. The zero-order valence-corrected chi connectivity index (χ0v) is 18.8. The van der Waals surface area contributed by atoms with Gasteiger partial charge < -0.3 is 19.9 Å². The summed E-state index contributed by atoms with van der Waals surface area (Å²) in [6, 6.07) is 12.3. The lowest BCUT2D eigenvalue weighted by Gasteiger charge is -2.22. The summed E-state index contributed by atoms with van der Waals surface area (Å²) < 4.78 is 4.72. The molecular formula is C24H28N4O4. The van der Waals surface area contributed by atoms with E-state index in [0.717, 1.165) is 24.2 Å². The van der Waals surface area contributed by atoms with Gasteiger partial charge in [-0.2, -0.15) is 0 Å². The highest BCUT2D eigenvalue weighted by Gasteiger charge is 2.29. The van der Waals surface area contributed by atoms with Crippen molar-refractivity contribution >= 4 is 41.1 Å². The summed E-state index contributed by atoms with van der Waals surface area (Å²) in [5.41, 5.74) is 3.21. The fourth-order valence-electron chi connectivity index (χ4n) is 3.57. The molecule has 0 saturated carbocycles. The Hall–Kier alpha value is -3.52. The van der Waals surface area contributed by atoms with Gasteiger partial charge in [0.2, 0.25) is 11.8 Å². The first-order valence-electron chi connectivity index (χ1n) is 10.4. The molecule has 8 nitrogen and oxygen atoms in total.